The lowest BCUT2D eigenvalue weighted by molar-refractivity contribution is 0.0405. The Labute approximate surface area is 157 Å². The van der Waals surface area contributed by atoms with Crippen LogP contribution in [0.4, 0.5) is 4.79 Å². The summed E-state index contributed by atoms with van der Waals surface area (Å²) in [4.78, 5) is 29.6. The highest BCUT2D eigenvalue weighted by atomic mass is 35.5. The lowest BCUT2D eigenvalue weighted by Gasteiger charge is -2.32. The highest BCUT2D eigenvalue weighted by Crippen LogP contribution is 2.24. The van der Waals surface area contributed by atoms with E-state index in [0.717, 1.165) is 10.9 Å². The van der Waals surface area contributed by atoms with Gasteiger partial charge in [-0.15, -0.1) is 0 Å². The van der Waals surface area contributed by atoms with Gasteiger partial charge in [0, 0.05) is 53.6 Å². The third kappa shape index (κ3) is 4.30. The molecule has 0 saturated carbocycles. The van der Waals surface area contributed by atoms with Gasteiger partial charge in [-0.3, -0.25) is 4.79 Å². The summed E-state index contributed by atoms with van der Waals surface area (Å²) in [6, 6.07) is 5.44. The third-order valence-corrected chi connectivity index (χ3v) is 4.59. The first-order valence-electron chi connectivity index (χ1n) is 8.77. The van der Waals surface area contributed by atoms with E-state index in [-0.39, 0.29) is 17.6 Å². The number of aromatic nitrogens is 1. The molecule has 1 aromatic carbocycles. The number of ether oxygens (including phenoxy) is 1. The summed E-state index contributed by atoms with van der Waals surface area (Å²) in [5.41, 5.74) is 1.16. The fraction of sp³-hybridized carbons (Fsp3) is 0.474. The van der Waals surface area contributed by atoms with Gasteiger partial charge < -0.3 is 19.9 Å². The molecule has 1 aromatic heterocycles. The summed E-state index contributed by atoms with van der Waals surface area (Å²) in [5, 5.41) is 4.28. The number of alkyl carbamates (subject to hydrolysis) is 1. The number of likely N-dealkylation sites (tertiary alicyclic amines) is 1. The number of carbonyl (C=O) groups excluding carboxylic acids is 2. The number of aromatic amines is 1. The molecule has 0 spiro atoms. The van der Waals surface area contributed by atoms with Gasteiger partial charge in [-0.2, -0.15) is 0 Å². The quantitative estimate of drug-likeness (QED) is 0.832. The lowest BCUT2D eigenvalue weighted by atomic mass is 10.1. The molecule has 2 N–H and O–H groups in total. The molecule has 26 heavy (non-hydrogen) atoms. The zero-order valence-corrected chi connectivity index (χ0v) is 16.0. The average Bonchev–Trinajstić information content (AvgIpc) is 2.96. The number of hydrogen-bond acceptors (Lipinski definition) is 3. The van der Waals surface area contributed by atoms with Crippen LogP contribution in [0, 0.1) is 0 Å². The minimum atomic E-state index is -0.407. The van der Waals surface area contributed by atoms with E-state index in [1.807, 2.05) is 32.9 Å². The van der Waals surface area contributed by atoms with E-state index >= 15 is 0 Å². The molecule has 140 valence electrons. The van der Waals surface area contributed by atoms with Crippen molar-refractivity contribution < 1.29 is 14.3 Å². The maximum absolute atomic E-state index is 12.8. The van der Waals surface area contributed by atoms with E-state index in [1.54, 1.807) is 17.2 Å². The van der Waals surface area contributed by atoms with Gasteiger partial charge in [0.1, 0.15) is 6.10 Å². The van der Waals surface area contributed by atoms with Crippen molar-refractivity contribution in [3.05, 3.63) is 35.0 Å². The van der Waals surface area contributed by atoms with E-state index in [0.29, 0.717) is 36.5 Å². The highest BCUT2D eigenvalue weighted by molar-refractivity contribution is 6.31. The number of amides is 2. The van der Waals surface area contributed by atoms with Crippen molar-refractivity contribution in [1.82, 2.24) is 15.2 Å². The van der Waals surface area contributed by atoms with Crippen molar-refractivity contribution in [2.75, 3.05) is 13.1 Å². The van der Waals surface area contributed by atoms with Crippen LogP contribution in [-0.4, -0.2) is 46.6 Å². The predicted octanol–water partition coefficient (Wildman–Crippen LogP) is 3.95. The number of piperidine rings is 1. The summed E-state index contributed by atoms with van der Waals surface area (Å²) in [5.74, 6) is -0.0174. The normalized spacial score (nSPS) is 15.9. The first-order chi connectivity index (χ1) is 12.2. The predicted molar refractivity (Wildman–Crippen MR) is 102 cm³/mol. The molecule has 6 nitrogen and oxygen atoms in total. The smallest absolute Gasteiger partial charge is 0.407 e. The largest absolute Gasteiger partial charge is 0.446 e. The molecule has 0 bridgehead atoms. The Kier molecular flexibility index (Phi) is 5.14. The van der Waals surface area contributed by atoms with Gasteiger partial charge in [0.25, 0.3) is 5.91 Å². The number of rotatable bonds is 2. The van der Waals surface area contributed by atoms with Gasteiger partial charge in [0.2, 0.25) is 0 Å². The van der Waals surface area contributed by atoms with Crippen LogP contribution in [0.25, 0.3) is 10.9 Å². The van der Waals surface area contributed by atoms with Crippen molar-refractivity contribution in [3.8, 4) is 0 Å². The van der Waals surface area contributed by atoms with Crippen molar-refractivity contribution in [3.63, 3.8) is 0 Å². The Morgan fingerprint density at radius 3 is 2.62 bits per heavy atom. The molecule has 0 aliphatic carbocycles. The maximum atomic E-state index is 12.8. The van der Waals surface area contributed by atoms with Crippen molar-refractivity contribution in [1.29, 1.82) is 0 Å². The van der Waals surface area contributed by atoms with Crippen molar-refractivity contribution in [2.24, 2.45) is 0 Å². The molecule has 1 aliphatic heterocycles. The van der Waals surface area contributed by atoms with Gasteiger partial charge in [-0.05, 0) is 32.9 Å². The number of fused-ring (bicyclic) bond motifs is 1. The first-order valence-corrected chi connectivity index (χ1v) is 9.15. The topological polar surface area (TPSA) is 74.4 Å². The number of nitrogens with one attached hydrogen (secondary N) is 2. The van der Waals surface area contributed by atoms with Crippen LogP contribution < -0.4 is 5.32 Å². The molecule has 7 heteroatoms. The van der Waals surface area contributed by atoms with Gasteiger partial charge in [0.05, 0.1) is 5.56 Å². The SMILES string of the molecule is CC(C)(C)NC(=O)OC1CCN(C(=O)c2c[nH]c3cc(Cl)ccc23)CC1. The Morgan fingerprint density at radius 2 is 1.96 bits per heavy atom. The summed E-state index contributed by atoms with van der Waals surface area (Å²) in [6.45, 7) is 6.84. The summed E-state index contributed by atoms with van der Waals surface area (Å²) in [7, 11) is 0. The van der Waals surface area contributed by atoms with Crippen LogP contribution in [-0.2, 0) is 4.74 Å². The standard InChI is InChI=1S/C19H24ClN3O3/c1-19(2,3)22-18(25)26-13-6-8-23(9-7-13)17(24)15-11-21-16-10-12(20)4-5-14(15)16/h4-5,10-11,13,21H,6-9H2,1-3H3,(H,22,25). The number of halogens is 1. The van der Waals surface area contributed by atoms with E-state index in [2.05, 4.69) is 10.3 Å². The van der Waals surface area contributed by atoms with Gasteiger partial charge in [0.15, 0.2) is 0 Å². The minimum absolute atomic E-state index is 0.0174. The van der Waals surface area contributed by atoms with Gasteiger partial charge in [-0.1, -0.05) is 17.7 Å². The van der Waals surface area contributed by atoms with Crippen LogP contribution in [0.2, 0.25) is 5.02 Å². The minimum Gasteiger partial charge on any atom is -0.446 e. The summed E-state index contributed by atoms with van der Waals surface area (Å²) in [6.07, 6.45) is 2.43. The Morgan fingerprint density at radius 1 is 1.27 bits per heavy atom. The number of carbonyl (C=O) groups is 2. The zero-order valence-electron chi connectivity index (χ0n) is 15.3. The third-order valence-electron chi connectivity index (χ3n) is 4.35. The number of hydrogen-bond donors (Lipinski definition) is 2. The monoisotopic (exact) mass is 377 g/mol. The first kappa shape index (κ1) is 18.6. The fourth-order valence-corrected chi connectivity index (χ4v) is 3.28. The molecule has 1 saturated heterocycles. The molecule has 0 unspecified atom stereocenters. The molecular formula is C19H24ClN3O3. The van der Waals surface area contributed by atoms with E-state index in [1.165, 1.54) is 0 Å². The van der Waals surface area contributed by atoms with Crippen LogP contribution in [0.1, 0.15) is 44.0 Å². The van der Waals surface area contributed by atoms with Crippen molar-refractivity contribution >= 4 is 34.5 Å². The second-order valence-corrected chi connectivity index (χ2v) is 8.10. The van der Waals surface area contributed by atoms with Crippen molar-refractivity contribution in [2.45, 2.75) is 45.3 Å². The molecule has 0 atom stereocenters. The number of benzene rings is 1. The van der Waals surface area contributed by atoms with Crippen LogP contribution in [0.5, 0.6) is 0 Å². The highest BCUT2D eigenvalue weighted by Gasteiger charge is 2.28. The Bertz CT molecular complexity index is 817. The van der Waals surface area contributed by atoms with Gasteiger partial charge in [-0.25, -0.2) is 4.79 Å². The maximum Gasteiger partial charge on any atom is 0.407 e. The van der Waals surface area contributed by atoms with Crippen LogP contribution >= 0.6 is 11.6 Å². The molecule has 2 amide bonds. The second kappa shape index (κ2) is 7.19. The van der Waals surface area contributed by atoms with E-state index < -0.39 is 6.09 Å². The van der Waals surface area contributed by atoms with Gasteiger partial charge >= 0.3 is 6.09 Å². The number of H-pyrrole nitrogens is 1. The van der Waals surface area contributed by atoms with E-state index in [4.69, 9.17) is 16.3 Å². The Hall–Kier alpha value is -2.21. The molecular weight excluding hydrogens is 354 g/mol. The van der Waals surface area contributed by atoms with Crippen LogP contribution in [0.15, 0.2) is 24.4 Å². The second-order valence-electron chi connectivity index (χ2n) is 7.66. The summed E-state index contributed by atoms with van der Waals surface area (Å²) >= 11 is 5.99. The zero-order chi connectivity index (χ0) is 18.9. The summed E-state index contributed by atoms with van der Waals surface area (Å²) < 4.78 is 5.46. The molecule has 3 rings (SSSR count). The molecule has 2 heterocycles. The van der Waals surface area contributed by atoms with Crippen LogP contribution in [0.3, 0.4) is 0 Å². The fourth-order valence-electron chi connectivity index (χ4n) is 3.11. The molecule has 1 aliphatic rings. The van der Waals surface area contributed by atoms with E-state index in [9.17, 15) is 9.59 Å². The molecule has 0 radical (unpaired) electrons. The Balaban J connectivity index is 1.59. The molecule has 1 fully saturated rings. The lowest BCUT2D eigenvalue weighted by Crippen LogP contribution is -2.45. The molecule has 2 aromatic rings. The average molecular weight is 378 g/mol. The number of nitrogens with zero attached hydrogens (tertiary/aromatic N) is 1.